The third-order valence-corrected chi connectivity index (χ3v) is 4.54. The van der Waals surface area contributed by atoms with E-state index >= 15 is 0 Å². The fraction of sp³-hybridized carbons (Fsp3) is 0.588. The van der Waals surface area contributed by atoms with Gasteiger partial charge in [0.05, 0.1) is 11.0 Å². The normalized spacial score (nSPS) is 16.1. The SMILES string of the molecule is Cc1ccc2c(c1)nc(CCCl)n2CCCN1CCCC1. The van der Waals surface area contributed by atoms with Crippen LogP contribution in [0.4, 0.5) is 0 Å². The van der Waals surface area contributed by atoms with Gasteiger partial charge in [0.1, 0.15) is 5.82 Å². The summed E-state index contributed by atoms with van der Waals surface area (Å²) in [7, 11) is 0. The Morgan fingerprint density at radius 1 is 1.19 bits per heavy atom. The van der Waals surface area contributed by atoms with Gasteiger partial charge in [0, 0.05) is 18.8 Å². The molecule has 0 N–H and O–H groups in total. The van der Waals surface area contributed by atoms with Crippen LogP contribution >= 0.6 is 11.6 Å². The van der Waals surface area contributed by atoms with Crippen LogP contribution in [0.1, 0.15) is 30.7 Å². The predicted molar refractivity (Wildman–Crippen MR) is 89.2 cm³/mol. The summed E-state index contributed by atoms with van der Waals surface area (Å²) in [6.45, 7) is 6.91. The molecule has 0 bridgehead atoms. The molecule has 0 radical (unpaired) electrons. The number of imidazole rings is 1. The minimum Gasteiger partial charge on any atom is -0.328 e. The van der Waals surface area contributed by atoms with Crippen LogP contribution in [0, 0.1) is 6.92 Å². The van der Waals surface area contributed by atoms with Crippen molar-refractivity contribution >= 4 is 22.6 Å². The first-order valence-electron chi connectivity index (χ1n) is 8.02. The van der Waals surface area contributed by atoms with Gasteiger partial charge in [-0.15, -0.1) is 11.6 Å². The van der Waals surface area contributed by atoms with Crippen molar-refractivity contribution in [2.45, 2.75) is 39.2 Å². The smallest absolute Gasteiger partial charge is 0.111 e. The van der Waals surface area contributed by atoms with Crippen LogP contribution in [-0.2, 0) is 13.0 Å². The van der Waals surface area contributed by atoms with Crippen molar-refractivity contribution in [2.75, 3.05) is 25.5 Å². The molecule has 21 heavy (non-hydrogen) atoms. The fourth-order valence-corrected chi connectivity index (χ4v) is 3.44. The number of rotatable bonds is 6. The molecule has 1 aromatic carbocycles. The minimum atomic E-state index is 0.633. The lowest BCUT2D eigenvalue weighted by atomic mass is 10.2. The Morgan fingerprint density at radius 2 is 2.00 bits per heavy atom. The first kappa shape index (κ1) is 14.9. The van der Waals surface area contributed by atoms with E-state index in [1.165, 1.54) is 50.0 Å². The molecule has 3 rings (SSSR count). The summed E-state index contributed by atoms with van der Waals surface area (Å²) in [5, 5.41) is 0. The molecule has 4 heteroatoms. The third kappa shape index (κ3) is 3.41. The Morgan fingerprint density at radius 3 is 2.76 bits per heavy atom. The Hall–Kier alpha value is -1.06. The Bertz CT molecular complexity index is 599. The van der Waals surface area contributed by atoms with Gasteiger partial charge in [-0.05, 0) is 63.5 Å². The van der Waals surface area contributed by atoms with E-state index in [4.69, 9.17) is 16.6 Å². The molecule has 1 aromatic heterocycles. The predicted octanol–water partition coefficient (Wildman–Crippen LogP) is 3.61. The molecule has 1 aliphatic rings. The highest BCUT2D eigenvalue weighted by Gasteiger charge is 2.13. The summed E-state index contributed by atoms with van der Waals surface area (Å²) in [6, 6.07) is 6.54. The van der Waals surface area contributed by atoms with Gasteiger partial charge in [0.25, 0.3) is 0 Å². The zero-order valence-electron chi connectivity index (χ0n) is 12.8. The fourth-order valence-electron chi connectivity index (χ4n) is 3.27. The second-order valence-electron chi connectivity index (χ2n) is 6.01. The number of fused-ring (bicyclic) bond motifs is 1. The van der Waals surface area contributed by atoms with E-state index in [0.717, 1.165) is 24.3 Å². The summed E-state index contributed by atoms with van der Waals surface area (Å²) >= 11 is 5.94. The van der Waals surface area contributed by atoms with Gasteiger partial charge in [0.15, 0.2) is 0 Å². The van der Waals surface area contributed by atoms with Crippen molar-refractivity contribution in [3.8, 4) is 0 Å². The maximum Gasteiger partial charge on any atom is 0.111 e. The number of benzene rings is 1. The average molecular weight is 306 g/mol. The number of hydrogen-bond donors (Lipinski definition) is 0. The summed E-state index contributed by atoms with van der Waals surface area (Å²) in [5.41, 5.74) is 3.63. The van der Waals surface area contributed by atoms with Gasteiger partial charge < -0.3 is 9.47 Å². The Kier molecular flexibility index (Phi) is 4.81. The number of halogens is 1. The molecule has 0 spiro atoms. The van der Waals surface area contributed by atoms with E-state index in [2.05, 4.69) is 34.6 Å². The first-order valence-corrected chi connectivity index (χ1v) is 8.55. The van der Waals surface area contributed by atoms with Crippen LogP contribution in [0.15, 0.2) is 18.2 Å². The largest absolute Gasteiger partial charge is 0.328 e. The standard InChI is InChI=1S/C17H24ClN3/c1-14-5-6-16-15(13-14)19-17(7-8-18)21(16)12-4-11-20-9-2-3-10-20/h5-6,13H,2-4,7-12H2,1H3. The number of aryl methyl sites for hydroxylation is 3. The molecule has 0 atom stereocenters. The van der Waals surface area contributed by atoms with Crippen molar-refractivity contribution in [3.05, 3.63) is 29.6 Å². The van der Waals surface area contributed by atoms with Crippen molar-refractivity contribution in [1.82, 2.24) is 14.5 Å². The molecule has 2 aromatic rings. The monoisotopic (exact) mass is 305 g/mol. The lowest BCUT2D eigenvalue weighted by molar-refractivity contribution is 0.325. The van der Waals surface area contributed by atoms with Crippen LogP contribution in [0.3, 0.4) is 0 Å². The quantitative estimate of drug-likeness (QED) is 0.760. The Labute approximate surface area is 131 Å². The number of nitrogens with zero attached hydrogens (tertiary/aromatic N) is 3. The molecule has 1 fully saturated rings. The molecule has 114 valence electrons. The molecule has 0 amide bonds. The van der Waals surface area contributed by atoms with Gasteiger partial charge in [-0.3, -0.25) is 0 Å². The van der Waals surface area contributed by atoms with E-state index < -0.39 is 0 Å². The first-order chi connectivity index (χ1) is 10.3. The highest BCUT2D eigenvalue weighted by molar-refractivity contribution is 6.17. The summed E-state index contributed by atoms with van der Waals surface area (Å²) < 4.78 is 2.37. The molecule has 1 saturated heterocycles. The number of alkyl halides is 1. The van der Waals surface area contributed by atoms with Gasteiger partial charge >= 0.3 is 0 Å². The number of hydrogen-bond acceptors (Lipinski definition) is 2. The summed E-state index contributed by atoms with van der Waals surface area (Å²) in [5.74, 6) is 1.76. The molecule has 0 aliphatic carbocycles. The van der Waals surface area contributed by atoms with Gasteiger partial charge in [0.2, 0.25) is 0 Å². The van der Waals surface area contributed by atoms with Gasteiger partial charge in [-0.25, -0.2) is 4.98 Å². The zero-order valence-corrected chi connectivity index (χ0v) is 13.6. The zero-order chi connectivity index (χ0) is 14.7. The molecular weight excluding hydrogens is 282 g/mol. The lowest BCUT2D eigenvalue weighted by Crippen LogP contribution is -2.21. The highest BCUT2D eigenvalue weighted by atomic mass is 35.5. The van der Waals surface area contributed by atoms with Gasteiger partial charge in [-0.2, -0.15) is 0 Å². The van der Waals surface area contributed by atoms with Crippen LogP contribution < -0.4 is 0 Å². The van der Waals surface area contributed by atoms with Crippen molar-refractivity contribution < 1.29 is 0 Å². The van der Waals surface area contributed by atoms with E-state index in [9.17, 15) is 0 Å². The topological polar surface area (TPSA) is 21.1 Å². The van der Waals surface area contributed by atoms with Crippen LogP contribution in [0.5, 0.6) is 0 Å². The van der Waals surface area contributed by atoms with E-state index in [1.54, 1.807) is 0 Å². The van der Waals surface area contributed by atoms with Crippen LogP contribution in [-0.4, -0.2) is 40.0 Å². The molecule has 0 unspecified atom stereocenters. The maximum atomic E-state index is 5.94. The van der Waals surface area contributed by atoms with E-state index in [0.29, 0.717) is 5.88 Å². The van der Waals surface area contributed by atoms with Crippen LogP contribution in [0.25, 0.3) is 11.0 Å². The second-order valence-corrected chi connectivity index (χ2v) is 6.39. The van der Waals surface area contributed by atoms with E-state index in [-0.39, 0.29) is 0 Å². The molecule has 1 aliphatic heterocycles. The lowest BCUT2D eigenvalue weighted by Gasteiger charge is -2.15. The second kappa shape index (κ2) is 6.80. The minimum absolute atomic E-state index is 0.633. The summed E-state index contributed by atoms with van der Waals surface area (Å²) in [6.07, 6.45) is 4.77. The molecule has 3 nitrogen and oxygen atoms in total. The molecular formula is C17H24ClN3. The van der Waals surface area contributed by atoms with Crippen molar-refractivity contribution in [1.29, 1.82) is 0 Å². The maximum absolute atomic E-state index is 5.94. The van der Waals surface area contributed by atoms with Crippen LogP contribution in [0.2, 0.25) is 0 Å². The highest BCUT2D eigenvalue weighted by Crippen LogP contribution is 2.19. The van der Waals surface area contributed by atoms with Crippen molar-refractivity contribution in [2.24, 2.45) is 0 Å². The van der Waals surface area contributed by atoms with E-state index in [1.807, 2.05) is 0 Å². The number of likely N-dealkylation sites (tertiary alicyclic amines) is 1. The third-order valence-electron chi connectivity index (χ3n) is 4.36. The average Bonchev–Trinajstić information content (AvgIpc) is 3.08. The number of aromatic nitrogens is 2. The molecule has 0 saturated carbocycles. The molecule has 2 heterocycles. The van der Waals surface area contributed by atoms with Gasteiger partial charge in [-0.1, -0.05) is 6.07 Å². The Balaban J connectivity index is 1.76. The summed E-state index contributed by atoms with van der Waals surface area (Å²) in [4.78, 5) is 7.35. The van der Waals surface area contributed by atoms with Crippen molar-refractivity contribution in [3.63, 3.8) is 0 Å².